The van der Waals surface area contributed by atoms with E-state index in [2.05, 4.69) is 35.5 Å². The largest absolute Gasteiger partial charge is 0.364 e. The molecule has 0 spiro atoms. The monoisotopic (exact) mass is 453 g/mol. The first-order valence-corrected chi connectivity index (χ1v) is 10.7. The predicted molar refractivity (Wildman–Crippen MR) is 127 cm³/mol. The summed E-state index contributed by atoms with van der Waals surface area (Å²) in [5, 5.41) is 11.6. The number of aromatic nitrogens is 8. The zero-order valence-electron chi connectivity index (χ0n) is 18.5. The number of hydrogen-bond donors (Lipinski definition) is 2. The lowest BCUT2D eigenvalue weighted by Gasteiger charge is -2.10. The van der Waals surface area contributed by atoms with Crippen LogP contribution in [0.25, 0.3) is 39.2 Å². The van der Waals surface area contributed by atoms with Crippen molar-refractivity contribution in [1.82, 2.24) is 39.3 Å². The molecular formula is C24H20FN9. The number of aryl methyl sites for hydroxylation is 2. The molecule has 0 atom stereocenters. The van der Waals surface area contributed by atoms with Crippen LogP contribution in [0.1, 0.15) is 11.1 Å². The molecule has 0 bridgehead atoms. The number of nitrogens with one attached hydrogen (secondary N) is 2. The van der Waals surface area contributed by atoms with Crippen molar-refractivity contribution in [1.29, 1.82) is 0 Å². The van der Waals surface area contributed by atoms with E-state index in [0.29, 0.717) is 29.4 Å². The molecule has 10 heteroatoms. The van der Waals surface area contributed by atoms with Crippen LogP contribution in [0.4, 0.5) is 10.2 Å². The maximum Gasteiger partial charge on any atom is 0.178 e. The zero-order valence-corrected chi connectivity index (χ0v) is 18.5. The number of rotatable bonds is 5. The maximum atomic E-state index is 15.1. The number of pyridine rings is 1. The molecule has 0 aliphatic carbocycles. The van der Waals surface area contributed by atoms with Gasteiger partial charge in [0.25, 0.3) is 0 Å². The highest BCUT2D eigenvalue weighted by Gasteiger charge is 2.14. The fourth-order valence-corrected chi connectivity index (χ4v) is 4.06. The number of hydrogen-bond acceptors (Lipinski definition) is 6. The first-order chi connectivity index (χ1) is 16.5. The molecular weight excluding hydrogens is 433 g/mol. The van der Waals surface area contributed by atoms with Gasteiger partial charge in [0.15, 0.2) is 11.5 Å². The van der Waals surface area contributed by atoms with Gasteiger partial charge in [-0.05, 0) is 36.2 Å². The van der Waals surface area contributed by atoms with E-state index >= 15 is 4.39 Å². The van der Waals surface area contributed by atoms with Gasteiger partial charge < -0.3 is 10.3 Å². The number of nitrogens with zero attached hydrogens (tertiary/aromatic N) is 7. The lowest BCUT2D eigenvalue weighted by Crippen LogP contribution is -2.06. The van der Waals surface area contributed by atoms with Crippen molar-refractivity contribution in [2.24, 2.45) is 7.05 Å². The highest BCUT2D eigenvalue weighted by Crippen LogP contribution is 2.30. The van der Waals surface area contributed by atoms with Crippen molar-refractivity contribution in [3.05, 3.63) is 78.4 Å². The Morgan fingerprint density at radius 2 is 1.97 bits per heavy atom. The topological polar surface area (TPSA) is 102 Å². The fraction of sp³-hybridized carbons (Fsp3) is 0.125. The molecule has 0 saturated heterocycles. The maximum absolute atomic E-state index is 15.1. The third-order valence-corrected chi connectivity index (χ3v) is 5.72. The molecule has 6 aromatic rings. The van der Waals surface area contributed by atoms with Gasteiger partial charge in [0, 0.05) is 43.3 Å². The summed E-state index contributed by atoms with van der Waals surface area (Å²) in [6, 6.07) is 9.06. The van der Waals surface area contributed by atoms with Gasteiger partial charge >= 0.3 is 0 Å². The SMILES string of the molecule is Cc1cc2c(NCc3ccc(-c4ccnc5nc(-c6cnn(C)c6)[nH]c45)cc3F)ncnn2c1. The molecule has 0 fully saturated rings. The molecule has 0 radical (unpaired) electrons. The molecule has 34 heavy (non-hydrogen) atoms. The summed E-state index contributed by atoms with van der Waals surface area (Å²) >= 11 is 0. The number of fused-ring (bicyclic) bond motifs is 2. The Labute approximate surface area is 193 Å². The summed E-state index contributed by atoms with van der Waals surface area (Å²) in [4.78, 5) is 16.6. The van der Waals surface area contributed by atoms with Gasteiger partial charge in [-0.15, -0.1) is 0 Å². The summed E-state index contributed by atoms with van der Waals surface area (Å²) in [5.41, 5.74) is 6.20. The second kappa shape index (κ2) is 7.77. The van der Waals surface area contributed by atoms with Crippen molar-refractivity contribution in [3.63, 3.8) is 0 Å². The van der Waals surface area contributed by atoms with E-state index in [-0.39, 0.29) is 5.82 Å². The molecule has 0 unspecified atom stereocenters. The molecule has 168 valence electrons. The molecule has 0 amide bonds. The van der Waals surface area contributed by atoms with Crippen molar-refractivity contribution in [2.75, 3.05) is 5.32 Å². The quantitative estimate of drug-likeness (QED) is 0.407. The van der Waals surface area contributed by atoms with Crippen LogP contribution in [0.5, 0.6) is 0 Å². The van der Waals surface area contributed by atoms with Crippen molar-refractivity contribution >= 4 is 22.5 Å². The third kappa shape index (κ3) is 3.45. The minimum Gasteiger partial charge on any atom is -0.364 e. The van der Waals surface area contributed by atoms with Crippen LogP contribution in [-0.2, 0) is 13.6 Å². The summed E-state index contributed by atoms with van der Waals surface area (Å²) in [5.74, 6) is 1.02. The Morgan fingerprint density at radius 1 is 1.06 bits per heavy atom. The zero-order chi connectivity index (χ0) is 23.2. The molecule has 0 aliphatic heterocycles. The highest BCUT2D eigenvalue weighted by molar-refractivity contribution is 5.91. The molecule has 0 aliphatic rings. The number of imidazole rings is 1. The lowest BCUT2D eigenvalue weighted by molar-refractivity contribution is 0.613. The summed E-state index contributed by atoms with van der Waals surface area (Å²) < 4.78 is 18.6. The number of anilines is 1. The Kier molecular flexibility index (Phi) is 4.58. The third-order valence-electron chi connectivity index (χ3n) is 5.72. The number of halogens is 1. The van der Waals surface area contributed by atoms with Gasteiger partial charge in [-0.25, -0.2) is 23.9 Å². The van der Waals surface area contributed by atoms with Crippen molar-refractivity contribution < 1.29 is 4.39 Å². The molecule has 6 rings (SSSR count). The van der Waals surface area contributed by atoms with Gasteiger partial charge in [0.05, 0.1) is 17.3 Å². The Morgan fingerprint density at radius 3 is 2.79 bits per heavy atom. The minimum absolute atomic E-state index is 0.296. The minimum atomic E-state index is -0.307. The first kappa shape index (κ1) is 20.0. The second-order valence-corrected chi connectivity index (χ2v) is 8.16. The van der Waals surface area contributed by atoms with E-state index in [4.69, 9.17) is 0 Å². The number of benzene rings is 1. The summed E-state index contributed by atoms with van der Waals surface area (Å²) in [6.45, 7) is 2.29. The van der Waals surface area contributed by atoms with Gasteiger partial charge in [-0.2, -0.15) is 10.2 Å². The smallest absolute Gasteiger partial charge is 0.178 e. The van der Waals surface area contributed by atoms with Gasteiger partial charge in [-0.3, -0.25) is 4.68 Å². The van der Waals surface area contributed by atoms with Gasteiger partial charge in [0.2, 0.25) is 0 Å². The number of aromatic amines is 1. The fourth-order valence-electron chi connectivity index (χ4n) is 4.06. The van der Waals surface area contributed by atoms with Crippen LogP contribution in [0, 0.1) is 12.7 Å². The van der Waals surface area contributed by atoms with Crippen LogP contribution >= 0.6 is 0 Å². The normalized spacial score (nSPS) is 11.5. The average molecular weight is 453 g/mol. The second-order valence-electron chi connectivity index (χ2n) is 8.16. The van der Waals surface area contributed by atoms with Crippen LogP contribution in [0.3, 0.4) is 0 Å². The van der Waals surface area contributed by atoms with E-state index in [0.717, 1.165) is 33.3 Å². The van der Waals surface area contributed by atoms with E-state index in [1.54, 1.807) is 27.7 Å². The van der Waals surface area contributed by atoms with Crippen LogP contribution < -0.4 is 5.32 Å². The summed E-state index contributed by atoms with van der Waals surface area (Å²) in [6.07, 6.45) is 8.69. The Hall–Kier alpha value is -4.60. The highest BCUT2D eigenvalue weighted by atomic mass is 19.1. The van der Waals surface area contributed by atoms with E-state index in [1.807, 2.05) is 44.6 Å². The van der Waals surface area contributed by atoms with Crippen LogP contribution in [0.15, 0.2) is 61.4 Å². The van der Waals surface area contributed by atoms with Crippen molar-refractivity contribution in [3.8, 4) is 22.5 Å². The average Bonchev–Trinajstić information content (AvgIpc) is 3.55. The van der Waals surface area contributed by atoms with E-state index < -0.39 is 0 Å². The summed E-state index contributed by atoms with van der Waals surface area (Å²) in [7, 11) is 1.85. The Bertz CT molecular complexity index is 1660. The number of H-pyrrole nitrogens is 1. The van der Waals surface area contributed by atoms with Crippen LogP contribution in [0.2, 0.25) is 0 Å². The molecule has 5 aromatic heterocycles. The van der Waals surface area contributed by atoms with E-state index in [1.165, 1.54) is 12.4 Å². The lowest BCUT2D eigenvalue weighted by atomic mass is 10.0. The molecule has 9 nitrogen and oxygen atoms in total. The standard InChI is InChI=1S/C24H20FN9/c1-14-7-20-23(28-13-30-34(20)11-14)27-9-16-4-3-15(8-19(16)25)18-5-6-26-24-21(18)31-22(32-24)17-10-29-33(2)12-17/h3-8,10-13H,9H2,1-2H3,(H,26,31,32)(H,27,28,30). The molecule has 1 aromatic carbocycles. The van der Waals surface area contributed by atoms with Crippen LogP contribution in [-0.4, -0.2) is 39.3 Å². The van der Waals surface area contributed by atoms with Gasteiger partial charge in [0.1, 0.15) is 23.5 Å². The Balaban J connectivity index is 1.30. The first-order valence-electron chi connectivity index (χ1n) is 10.7. The molecule has 0 saturated carbocycles. The molecule has 2 N–H and O–H groups in total. The predicted octanol–water partition coefficient (Wildman–Crippen LogP) is 4.13. The van der Waals surface area contributed by atoms with E-state index in [9.17, 15) is 0 Å². The van der Waals surface area contributed by atoms with Gasteiger partial charge in [-0.1, -0.05) is 12.1 Å². The molecule has 5 heterocycles. The van der Waals surface area contributed by atoms with Crippen molar-refractivity contribution in [2.45, 2.75) is 13.5 Å².